The number of pyridine rings is 1. The maximum absolute atomic E-state index is 13.1. The number of ether oxygens (including phenoxy) is 1. The van der Waals surface area contributed by atoms with Crippen molar-refractivity contribution in [3.05, 3.63) is 58.5 Å². The van der Waals surface area contributed by atoms with E-state index in [-0.39, 0.29) is 11.5 Å². The monoisotopic (exact) mass is 315 g/mol. The van der Waals surface area contributed by atoms with E-state index in [9.17, 15) is 14.5 Å². The molecule has 2 heterocycles. The van der Waals surface area contributed by atoms with Crippen LogP contribution in [0.25, 0.3) is 22.3 Å². The van der Waals surface area contributed by atoms with Crippen LogP contribution in [0, 0.1) is 15.9 Å². The van der Waals surface area contributed by atoms with Crippen LogP contribution in [0.1, 0.15) is 0 Å². The van der Waals surface area contributed by atoms with E-state index >= 15 is 0 Å². The third-order valence-corrected chi connectivity index (χ3v) is 3.59. The van der Waals surface area contributed by atoms with Gasteiger partial charge in [0.05, 0.1) is 17.2 Å². The van der Waals surface area contributed by atoms with Crippen LogP contribution in [0.3, 0.4) is 0 Å². The average molecular weight is 315 g/mol. The first-order valence-corrected chi connectivity index (χ1v) is 6.98. The van der Waals surface area contributed by atoms with E-state index in [2.05, 4.69) is 4.98 Å². The molecule has 0 aliphatic carbocycles. The Balaban J connectivity index is 2.17. The molecule has 0 aliphatic rings. The molecule has 0 aliphatic heterocycles. The van der Waals surface area contributed by atoms with Gasteiger partial charge in [-0.15, -0.1) is 0 Å². The molecule has 0 radical (unpaired) electrons. The van der Waals surface area contributed by atoms with Crippen molar-refractivity contribution < 1.29 is 14.1 Å². The molecule has 3 aromatic rings. The van der Waals surface area contributed by atoms with Gasteiger partial charge in [0.15, 0.2) is 0 Å². The standard InChI is InChI=1S/C16H14FN3O3/c1-23-7-6-19-15(11-2-4-13(17)5-3-11)9-12-8-14(20(21)22)10-18-16(12)19/h2-5,8-10H,6-7H2,1H3. The molecule has 0 bridgehead atoms. The summed E-state index contributed by atoms with van der Waals surface area (Å²) in [5, 5.41) is 11.6. The second-order valence-electron chi connectivity index (χ2n) is 5.04. The van der Waals surface area contributed by atoms with Gasteiger partial charge in [0.2, 0.25) is 0 Å². The fourth-order valence-electron chi connectivity index (χ4n) is 2.50. The molecule has 0 fully saturated rings. The number of hydrogen-bond donors (Lipinski definition) is 0. The molecule has 2 aromatic heterocycles. The lowest BCUT2D eigenvalue weighted by Crippen LogP contribution is -2.06. The normalized spacial score (nSPS) is 11.0. The van der Waals surface area contributed by atoms with Gasteiger partial charge >= 0.3 is 0 Å². The minimum absolute atomic E-state index is 0.0629. The van der Waals surface area contributed by atoms with Crippen LogP contribution in [0.2, 0.25) is 0 Å². The number of methoxy groups -OCH3 is 1. The largest absolute Gasteiger partial charge is 0.383 e. The van der Waals surface area contributed by atoms with E-state index in [0.29, 0.717) is 24.2 Å². The van der Waals surface area contributed by atoms with Crippen molar-refractivity contribution in [2.75, 3.05) is 13.7 Å². The lowest BCUT2D eigenvalue weighted by atomic mass is 10.1. The topological polar surface area (TPSA) is 70.2 Å². The van der Waals surface area contributed by atoms with Gasteiger partial charge in [-0.05, 0) is 35.9 Å². The smallest absolute Gasteiger partial charge is 0.288 e. The lowest BCUT2D eigenvalue weighted by molar-refractivity contribution is -0.385. The Labute approximate surface area is 131 Å². The minimum Gasteiger partial charge on any atom is -0.383 e. The molecule has 6 nitrogen and oxygen atoms in total. The summed E-state index contributed by atoms with van der Waals surface area (Å²) in [6, 6.07) is 9.40. The van der Waals surface area contributed by atoms with Gasteiger partial charge in [-0.2, -0.15) is 0 Å². The Hall–Kier alpha value is -2.80. The van der Waals surface area contributed by atoms with Crippen molar-refractivity contribution in [1.29, 1.82) is 0 Å². The minimum atomic E-state index is -0.476. The molecule has 0 atom stereocenters. The van der Waals surface area contributed by atoms with E-state index in [4.69, 9.17) is 4.74 Å². The van der Waals surface area contributed by atoms with Gasteiger partial charge in [0.25, 0.3) is 5.69 Å². The zero-order chi connectivity index (χ0) is 16.4. The number of fused-ring (bicyclic) bond motifs is 1. The molecular formula is C16H14FN3O3. The highest BCUT2D eigenvalue weighted by atomic mass is 19.1. The van der Waals surface area contributed by atoms with Crippen LogP contribution in [-0.2, 0) is 11.3 Å². The Kier molecular flexibility index (Phi) is 4.03. The summed E-state index contributed by atoms with van der Waals surface area (Å²) in [7, 11) is 1.60. The maximum Gasteiger partial charge on any atom is 0.288 e. The number of hydrogen-bond acceptors (Lipinski definition) is 4. The number of rotatable bonds is 5. The van der Waals surface area contributed by atoms with E-state index in [0.717, 1.165) is 11.3 Å². The molecule has 0 unspecified atom stereocenters. The summed E-state index contributed by atoms with van der Waals surface area (Å²) in [4.78, 5) is 14.6. The molecule has 1 aromatic carbocycles. The molecule has 23 heavy (non-hydrogen) atoms. The second-order valence-corrected chi connectivity index (χ2v) is 5.04. The van der Waals surface area contributed by atoms with Crippen LogP contribution in [0.15, 0.2) is 42.6 Å². The number of benzene rings is 1. The molecule has 118 valence electrons. The molecular weight excluding hydrogens is 301 g/mol. The van der Waals surface area contributed by atoms with Gasteiger partial charge in [-0.1, -0.05) is 0 Å². The van der Waals surface area contributed by atoms with Crippen LogP contribution in [0.4, 0.5) is 10.1 Å². The third-order valence-electron chi connectivity index (χ3n) is 3.59. The van der Waals surface area contributed by atoms with Crippen molar-refractivity contribution in [3.8, 4) is 11.3 Å². The summed E-state index contributed by atoms with van der Waals surface area (Å²) >= 11 is 0. The lowest BCUT2D eigenvalue weighted by Gasteiger charge is -2.09. The van der Waals surface area contributed by atoms with Crippen molar-refractivity contribution in [2.24, 2.45) is 0 Å². The van der Waals surface area contributed by atoms with Crippen LogP contribution in [-0.4, -0.2) is 28.2 Å². The third kappa shape index (κ3) is 2.91. The molecule has 3 rings (SSSR count). The van der Waals surface area contributed by atoms with Crippen LogP contribution < -0.4 is 0 Å². The average Bonchev–Trinajstić information content (AvgIpc) is 2.91. The van der Waals surface area contributed by atoms with Crippen LogP contribution in [0.5, 0.6) is 0 Å². The molecule has 0 N–H and O–H groups in total. The van der Waals surface area contributed by atoms with E-state index in [1.54, 1.807) is 19.2 Å². The Morgan fingerprint density at radius 1 is 1.30 bits per heavy atom. The van der Waals surface area contributed by atoms with E-state index in [1.807, 2.05) is 10.6 Å². The summed E-state index contributed by atoms with van der Waals surface area (Å²) < 4.78 is 20.2. The zero-order valence-corrected chi connectivity index (χ0v) is 12.4. The van der Waals surface area contributed by atoms with Crippen LogP contribution >= 0.6 is 0 Å². The zero-order valence-electron chi connectivity index (χ0n) is 12.4. The Morgan fingerprint density at radius 2 is 2.04 bits per heavy atom. The van der Waals surface area contributed by atoms with Crippen molar-refractivity contribution in [2.45, 2.75) is 6.54 Å². The summed E-state index contributed by atoms with van der Waals surface area (Å²) in [6.07, 6.45) is 1.24. The van der Waals surface area contributed by atoms with Gasteiger partial charge in [0.1, 0.15) is 17.7 Å². The fourth-order valence-corrected chi connectivity index (χ4v) is 2.50. The Bertz CT molecular complexity index is 859. The van der Waals surface area contributed by atoms with Gasteiger partial charge < -0.3 is 9.30 Å². The number of halogens is 1. The van der Waals surface area contributed by atoms with Crippen molar-refractivity contribution >= 4 is 16.7 Å². The summed E-state index contributed by atoms with van der Waals surface area (Å²) in [6.45, 7) is 1.01. The molecule has 0 amide bonds. The molecule has 0 saturated heterocycles. The highest BCUT2D eigenvalue weighted by molar-refractivity contribution is 5.85. The first kappa shape index (κ1) is 15.1. The highest BCUT2D eigenvalue weighted by Crippen LogP contribution is 2.29. The van der Waals surface area contributed by atoms with Crippen molar-refractivity contribution in [3.63, 3.8) is 0 Å². The number of nitrogens with zero attached hydrogens (tertiary/aromatic N) is 3. The van der Waals surface area contributed by atoms with E-state index < -0.39 is 4.92 Å². The summed E-state index contributed by atoms with van der Waals surface area (Å²) in [5.41, 5.74) is 2.19. The second kappa shape index (κ2) is 6.13. The quantitative estimate of drug-likeness (QED) is 0.534. The predicted molar refractivity (Wildman–Crippen MR) is 83.7 cm³/mol. The fraction of sp³-hybridized carbons (Fsp3) is 0.188. The first-order chi connectivity index (χ1) is 11.1. The first-order valence-electron chi connectivity index (χ1n) is 6.98. The highest BCUT2D eigenvalue weighted by Gasteiger charge is 2.15. The number of nitro groups is 1. The Morgan fingerprint density at radius 3 is 2.70 bits per heavy atom. The van der Waals surface area contributed by atoms with Gasteiger partial charge in [-0.3, -0.25) is 10.1 Å². The summed E-state index contributed by atoms with van der Waals surface area (Å²) in [5.74, 6) is -0.318. The molecule has 7 heteroatoms. The van der Waals surface area contributed by atoms with E-state index in [1.165, 1.54) is 24.4 Å². The molecule has 0 saturated carbocycles. The predicted octanol–water partition coefficient (Wildman–Crippen LogP) is 3.40. The maximum atomic E-state index is 13.1. The van der Waals surface area contributed by atoms with Gasteiger partial charge in [0, 0.05) is 25.1 Å². The SMILES string of the molecule is COCCn1c(-c2ccc(F)cc2)cc2cc([N+](=O)[O-])cnc21. The van der Waals surface area contributed by atoms with Gasteiger partial charge in [-0.25, -0.2) is 9.37 Å². The molecule has 0 spiro atoms. The number of aromatic nitrogens is 2. The van der Waals surface area contributed by atoms with Crippen molar-refractivity contribution in [1.82, 2.24) is 9.55 Å².